The van der Waals surface area contributed by atoms with Crippen molar-refractivity contribution < 1.29 is 61.2 Å². The van der Waals surface area contributed by atoms with Crippen LogP contribution in [0, 0.1) is 0 Å². The molecule has 2 rings (SSSR count). The van der Waals surface area contributed by atoms with E-state index in [4.69, 9.17) is 56.6 Å². The molecular formula is C12H8Cl6O2Zr. The Hall–Kier alpha value is 0.663. The molecule has 0 saturated heterocycles. The van der Waals surface area contributed by atoms with Gasteiger partial charge in [0.2, 0.25) is 0 Å². The van der Waals surface area contributed by atoms with Crippen LogP contribution in [0.2, 0.25) is 20.1 Å². The van der Waals surface area contributed by atoms with Gasteiger partial charge in [-0.25, -0.2) is 0 Å². The smallest absolute Gasteiger partial charge is 1.00 e. The van der Waals surface area contributed by atoms with Crippen molar-refractivity contribution in [2.45, 2.75) is 0 Å². The third kappa shape index (κ3) is 11.8. The van der Waals surface area contributed by atoms with Crippen molar-refractivity contribution in [2.75, 3.05) is 0 Å². The maximum absolute atomic E-state index is 8.82. The maximum Gasteiger partial charge on any atom is 2.00 e. The van der Waals surface area contributed by atoms with Gasteiger partial charge in [0, 0.05) is 20.1 Å². The van der Waals surface area contributed by atoms with Gasteiger partial charge in [-0.15, -0.1) is 0 Å². The van der Waals surface area contributed by atoms with Gasteiger partial charge in [-0.3, -0.25) is 0 Å². The van der Waals surface area contributed by atoms with Crippen LogP contribution >= 0.6 is 46.4 Å². The van der Waals surface area contributed by atoms with E-state index < -0.39 is 0 Å². The maximum atomic E-state index is 8.82. The summed E-state index contributed by atoms with van der Waals surface area (Å²) in [7, 11) is 0. The van der Waals surface area contributed by atoms with Gasteiger partial charge >= 0.3 is 26.2 Å². The topological polar surface area (TPSA) is 40.5 Å². The molecular weight excluding hydrogens is 480 g/mol. The minimum Gasteiger partial charge on any atom is -1.00 e. The van der Waals surface area contributed by atoms with Crippen LogP contribution in [-0.2, 0) is 26.2 Å². The molecule has 0 radical (unpaired) electrons. The molecule has 0 heterocycles. The normalized spacial score (nSPS) is 8.19. The van der Waals surface area contributed by atoms with E-state index in [1.165, 1.54) is 24.3 Å². The van der Waals surface area contributed by atoms with E-state index in [0.29, 0.717) is 20.1 Å². The van der Waals surface area contributed by atoms with E-state index in [-0.39, 0.29) is 62.5 Å². The molecule has 0 aliphatic heterocycles. The van der Waals surface area contributed by atoms with Crippen molar-refractivity contribution in [2.24, 2.45) is 0 Å². The van der Waals surface area contributed by atoms with Crippen LogP contribution in [0.1, 0.15) is 0 Å². The fraction of sp³-hybridized carbons (Fsp3) is 0. The average Bonchev–Trinajstić information content (AvgIpc) is 2.12. The second-order valence-corrected chi connectivity index (χ2v) is 5.00. The van der Waals surface area contributed by atoms with Gasteiger partial charge in [0.25, 0.3) is 0 Å². The predicted molar refractivity (Wildman–Crippen MR) is 76.3 cm³/mol. The van der Waals surface area contributed by atoms with Crippen molar-refractivity contribution in [1.82, 2.24) is 0 Å². The van der Waals surface area contributed by atoms with Gasteiger partial charge < -0.3 is 35.0 Å². The van der Waals surface area contributed by atoms with Crippen LogP contribution in [0.3, 0.4) is 0 Å². The zero-order valence-corrected chi connectivity index (χ0v) is 17.1. The molecule has 2 nitrogen and oxygen atoms in total. The Bertz CT molecular complexity index is 403. The first kappa shape index (κ1) is 26.6. The van der Waals surface area contributed by atoms with Crippen molar-refractivity contribution in [3.05, 3.63) is 56.5 Å². The summed E-state index contributed by atoms with van der Waals surface area (Å²) in [4.78, 5) is 0. The van der Waals surface area contributed by atoms with Crippen LogP contribution in [0.25, 0.3) is 0 Å². The first-order chi connectivity index (χ1) is 8.36. The van der Waals surface area contributed by atoms with Crippen molar-refractivity contribution in [3.63, 3.8) is 0 Å². The summed E-state index contributed by atoms with van der Waals surface area (Å²) in [6.45, 7) is 0. The van der Waals surface area contributed by atoms with E-state index in [9.17, 15) is 0 Å². The summed E-state index contributed by atoms with van der Waals surface area (Å²) in [5.41, 5.74) is 0. The number of benzene rings is 2. The van der Waals surface area contributed by atoms with Gasteiger partial charge in [0.15, 0.2) is 0 Å². The second-order valence-electron chi connectivity index (χ2n) is 3.26. The van der Waals surface area contributed by atoms with Crippen LogP contribution in [-0.4, -0.2) is 10.2 Å². The molecule has 0 aliphatic carbocycles. The molecule has 0 unspecified atom stereocenters. The molecule has 0 bridgehead atoms. The van der Waals surface area contributed by atoms with Gasteiger partial charge in [0.05, 0.1) is 0 Å². The standard InChI is InChI=1S/2C6H4Cl2O.2ClH.Zr/c2*7-4-1-5(8)3-6(9)2-4;;;/h2*1-3,9H;2*1H;/q;;;;+2/p-2. The number of halogens is 6. The van der Waals surface area contributed by atoms with E-state index in [1.54, 1.807) is 12.1 Å². The molecule has 2 aromatic rings. The van der Waals surface area contributed by atoms with Crippen LogP contribution in [0.5, 0.6) is 11.5 Å². The predicted octanol–water partition coefficient (Wildman–Crippen LogP) is -0.596. The van der Waals surface area contributed by atoms with E-state index in [0.717, 1.165) is 0 Å². The Morgan fingerprint density at radius 1 is 0.524 bits per heavy atom. The fourth-order valence-corrected chi connectivity index (χ4v) is 2.11. The second kappa shape index (κ2) is 13.1. The molecule has 114 valence electrons. The quantitative estimate of drug-likeness (QED) is 0.521. The molecule has 0 saturated carbocycles. The number of aromatic hydroxyl groups is 2. The molecule has 2 N–H and O–H groups in total. The van der Waals surface area contributed by atoms with Crippen molar-refractivity contribution in [1.29, 1.82) is 0 Å². The first-order valence-corrected chi connectivity index (χ1v) is 6.18. The summed E-state index contributed by atoms with van der Waals surface area (Å²) in [6.07, 6.45) is 0. The number of phenols is 2. The number of rotatable bonds is 0. The largest absolute Gasteiger partial charge is 2.00 e. The average molecular weight is 488 g/mol. The van der Waals surface area contributed by atoms with E-state index >= 15 is 0 Å². The molecule has 0 aliphatic rings. The van der Waals surface area contributed by atoms with E-state index in [2.05, 4.69) is 0 Å². The minimum atomic E-state index is 0. The number of hydrogen-bond donors (Lipinski definition) is 2. The Morgan fingerprint density at radius 2 is 0.714 bits per heavy atom. The summed E-state index contributed by atoms with van der Waals surface area (Å²) in [6, 6.07) is 8.81. The minimum absolute atomic E-state index is 0. The van der Waals surface area contributed by atoms with Crippen LogP contribution in [0.15, 0.2) is 36.4 Å². The summed E-state index contributed by atoms with van der Waals surface area (Å²) >= 11 is 22.0. The van der Waals surface area contributed by atoms with Gasteiger partial charge in [0.1, 0.15) is 11.5 Å². The summed E-state index contributed by atoms with van der Waals surface area (Å²) in [5, 5.41) is 19.4. The Morgan fingerprint density at radius 3 is 0.857 bits per heavy atom. The molecule has 0 fully saturated rings. The van der Waals surface area contributed by atoms with Crippen LogP contribution < -0.4 is 24.8 Å². The zero-order chi connectivity index (χ0) is 13.7. The fourth-order valence-electron chi connectivity index (χ4n) is 1.08. The van der Waals surface area contributed by atoms with Gasteiger partial charge in [-0.2, -0.15) is 0 Å². The first-order valence-electron chi connectivity index (χ1n) is 4.67. The summed E-state index contributed by atoms with van der Waals surface area (Å²) in [5.74, 6) is 0.181. The van der Waals surface area contributed by atoms with Crippen LogP contribution in [0.4, 0.5) is 0 Å². The molecule has 9 heteroatoms. The number of hydrogen-bond acceptors (Lipinski definition) is 2. The third-order valence-corrected chi connectivity index (χ3v) is 2.57. The molecule has 0 atom stereocenters. The summed E-state index contributed by atoms with van der Waals surface area (Å²) < 4.78 is 0. The van der Waals surface area contributed by atoms with E-state index in [1.807, 2.05) is 0 Å². The third-order valence-electron chi connectivity index (χ3n) is 1.69. The SMILES string of the molecule is Oc1cc(Cl)cc(Cl)c1.Oc1cc(Cl)cc(Cl)c1.[Cl-].[Cl-].[Zr+2]. The molecule has 2 aromatic carbocycles. The molecule has 0 aromatic heterocycles. The Labute approximate surface area is 174 Å². The monoisotopic (exact) mass is 484 g/mol. The number of phenolic OH excluding ortho intramolecular Hbond substituents is 2. The Kier molecular flexibility index (Phi) is 16.6. The van der Waals surface area contributed by atoms with Gasteiger partial charge in [-0.1, -0.05) is 46.4 Å². The van der Waals surface area contributed by atoms with Gasteiger partial charge in [-0.05, 0) is 36.4 Å². The zero-order valence-electron chi connectivity index (χ0n) is 10.1. The van der Waals surface area contributed by atoms with Crippen molar-refractivity contribution in [3.8, 4) is 11.5 Å². The van der Waals surface area contributed by atoms with Crippen molar-refractivity contribution >= 4 is 46.4 Å². The molecule has 0 amide bonds. The molecule has 21 heavy (non-hydrogen) atoms. The Balaban J connectivity index is -0.000000270. The molecule has 0 spiro atoms.